The van der Waals surface area contributed by atoms with Crippen LogP contribution in [0.2, 0.25) is 0 Å². The SMILES string of the molecule is COc1c(I)c(=O)c2ccccc2n1Cc1ccccc1. The lowest BCUT2D eigenvalue weighted by atomic mass is 10.1. The third kappa shape index (κ3) is 2.55. The first kappa shape index (κ1) is 14.1. The maximum Gasteiger partial charge on any atom is 0.211 e. The minimum absolute atomic E-state index is 0.0207. The third-order valence-electron chi connectivity index (χ3n) is 3.45. The van der Waals surface area contributed by atoms with Crippen molar-refractivity contribution in [2.45, 2.75) is 6.54 Å². The van der Waals surface area contributed by atoms with Gasteiger partial charge >= 0.3 is 0 Å². The predicted molar refractivity (Wildman–Crippen MR) is 93.0 cm³/mol. The Morgan fingerprint density at radius 2 is 1.71 bits per heavy atom. The molecule has 2 aromatic carbocycles. The Kier molecular flexibility index (Phi) is 3.96. The van der Waals surface area contributed by atoms with Crippen molar-refractivity contribution in [2.75, 3.05) is 7.11 Å². The van der Waals surface area contributed by atoms with Crippen molar-refractivity contribution in [3.05, 3.63) is 74.0 Å². The van der Waals surface area contributed by atoms with E-state index in [4.69, 9.17) is 4.74 Å². The number of rotatable bonds is 3. The normalized spacial score (nSPS) is 10.8. The van der Waals surface area contributed by atoms with E-state index in [2.05, 4.69) is 34.7 Å². The summed E-state index contributed by atoms with van der Waals surface area (Å²) in [5, 5.41) is 0.721. The summed E-state index contributed by atoms with van der Waals surface area (Å²) in [6.45, 7) is 0.667. The van der Waals surface area contributed by atoms with E-state index in [1.165, 1.54) is 5.56 Å². The van der Waals surface area contributed by atoms with Crippen molar-refractivity contribution in [2.24, 2.45) is 0 Å². The summed E-state index contributed by atoms with van der Waals surface area (Å²) >= 11 is 2.06. The molecule has 0 aliphatic carbocycles. The van der Waals surface area contributed by atoms with Crippen LogP contribution in [0.5, 0.6) is 5.88 Å². The van der Waals surface area contributed by atoms with Gasteiger partial charge in [-0.3, -0.25) is 4.79 Å². The molecule has 0 aliphatic heterocycles. The molecule has 3 rings (SSSR count). The monoisotopic (exact) mass is 391 g/mol. The van der Waals surface area contributed by atoms with Crippen molar-refractivity contribution in [3.8, 4) is 5.88 Å². The van der Waals surface area contributed by atoms with Crippen molar-refractivity contribution < 1.29 is 4.74 Å². The molecule has 0 bridgehead atoms. The number of halogens is 1. The third-order valence-corrected chi connectivity index (χ3v) is 4.40. The second kappa shape index (κ2) is 5.89. The molecule has 106 valence electrons. The highest BCUT2D eigenvalue weighted by Crippen LogP contribution is 2.25. The minimum atomic E-state index is 0.0207. The van der Waals surface area contributed by atoms with Crippen LogP contribution < -0.4 is 10.2 Å². The fraction of sp³-hybridized carbons (Fsp3) is 0.118. The van der Waals surface area contributed by atoms with E-state index < -0.39 is 0 Å². The summed E-state index contributed by atoms with van der Waals surface area (Å²) in [5.74, 6) is 0.614. The molecule has 0 radical (unpaired) electrons. The van der Waals surface area contributed by atoms with Gasteiger partial charge in [0.25, 0.3) is 0 Å². The summed E-state index contributed by atoms with van der Waals surface area (Å²) < 4.78 is 8.16. The fourth-order valence-corrected chi connectivity index (χ4v) is 3.27. The van der Waals surface area contributed by atoms with Crippen LogP contribution in [0, 0.1) is 3.57 Å². The summed E-state index contributed by atoms with van der Waals surface area (Å²) in [5.41, 5.74) is 2.08. The van der Waals surface area contributed by atoms with Crippen molar-refractivity contribution in [1.82, 2.24) is 4.57 Å². The molecule has 1 heterocycles. The number of methoxy groups -OCH3 is 1. The molecule has 3 aromatic rings. The molecule has 0 fully saturated rings. The molecule has 0 saturated heterocycles. The highest BCUT2D eigenvalue weighted by atomic mass is 127. The van der Waals surface area contributed by atoms with Crippen LogP contribution in [0.25, 0.3) is 10.9 Å². The number of aromatic nitrogens is 1. The first-order valence-corrected chi connectivity index (χ1v) is 7.69. The summed E-state index contributed by atoms with van der Waals surface area (Å²) in [6.07, 6.45) is 0. The zero-order valence-electron chi connectivity index (χ0n) is 11.5. The van der Waals surface area contributed by atoms with E-state index in [1.807, 2.05) is 47.0 Å². The van der Waals surface area contributed by atoms with E-state index in [9.17, 15) is 4.79 Å². The number of hydrogen-bond acceptors (Lipinski definition) is 2. The van der Waals surface area contributed by atoms with Crippen LogP contribution in [0.1, 0.15) is 5.56 Å². The van der Waals surface area contributed by atoms with E-state index in [1.54, 1.807) is 7.11 Å². The molecular weight excluding hydrogens is 377 g/mol. The van der Waals surface area contributed by atoms with Gasteiger partial charge in [-0.05, 0) is 40.3 Å². The quantitative estimate of drug-likeness (QED) is 0.639. The van der Waals surface area contributed by atoms with Crippen LogP contribution in [0.15, 0.2) is 59.4 Å². The number of hydrogen-bond donors (Lipinski definition) is 0. The highest BCUT2D eigenvalue weighted by Gasteiger charge is 2.15. The average Bonchev–Trinajstić information content (AvgIpc) is 2.54. The maximum atomic E-state index is 12.4. The largest absolute Gasteiger partial charge is 0.481 e. The lowest BCUT2D eigenvalue weighted by molar-refractivity contribution is 0.373. The standard InChI is InChI=1S/C17H14INO2/c1-21-17-15(18)16(20)13-9-5-6-10-14(13)19(17)11-12-7-3-2-4-8-12/h2-10H,11H2,1H3. The van der Waals surface area contributed by atoms with Gasteiger partial charge in [0.05, 0.1) is 19.2 Å². The molecule has 0 amide bonds. The molecule has 21 heavy (non-hydrogen) atoms. The molecular formula is C17H14INO2. The van der Waals surface area contributed by atoms with Gasteiger partial charge in [-0.25, -0.2) is 0 Å². The number of ether oxygens (including phenoxy) is 1. The molecule has 0 atom stereocenters. The smallest absolute Gasteiger partial charge is 0.211 e. The van der Waals surface area contributed by atoms with Crippen LogP contribution >= 0.6 is 22.6 Å². The van der Waals surface area contributed by atoms with Gasteiger partial charge in [-0.15, -0.1) is 0 Å². The zero-order valence-corrected chi connectivity index (χ0v) is 13.7. The first-order valence-electron chi connectivity index (χ1n) is 6.61. The first-order chi connectivity index (χ1) is 10.2. The number of pyridine rings is 1. The van der Waals surface area contributed by atoms with E-state index >= 15 is 0 Å². The lowest BCUT2D eigenvalue weighted by Gasteiger charge is -2.17. The number of fused-ring (bicyclic) bond motifs is 1. The van der Waals surface area contributed by atoms with Gasteiger partial charge < -0.3 is 9.30 Å². The van der Waals surface area contributed by atoms with Gasteiger partial charge in [0, 0.05) is 5.39 Å². The van der Waals surface area contributed by atoms with Gasteiger partial charge in [-0.2, -0.15) is 0 Å². The molecule has 1 aromatic heterocycles. The Morgan fingerprint density at radius 1 is 1.05 bits per heavy atom. The van der Waals surface area contributed by atoms with Crippen molar-refractivity contribution in [3.63, 3.8) is 0 Å². The summed E-state index contributed by atoms with van der Waals surface area (Å²) in [4.78, 5) is 12.4. The minimum Gasteiger partial charge on any atom is -0.481 e. The maximum absolute atomic E-state index is 12.4. The van der Waals surface area contributed by atoms with Crippen molar-refractivity contribution >= 4 is 33.5 Å². The van der Waals surface area contributed by atoms with Gasteiger partial charge in [0.15, 0.2) is 0 Å². The molecule has 0 N–H and O–H groups in total. The van der Waals surface area contributed by atoms with E-state index in [0.717, 1.165) is 10.9 Å². The Balaban J connectivity index is 2.29. The highest BCUT2D eigenvalue weighted by molar-refractivity contribution is 14.1. The Labute approximate surface area is 136 Å². The van der Waals surface area contributed by atoms with Crippen molar-refractivity contribution in [1.29, 1.82) is 0 Å². The van der Waals surface area contributed by atoms with Gasteiger partial charge in [0.2, 0.25) is 11.3 Å². The molecule has 0 saturated carbocycles. The topological polar surface area (TPSA) is 31.2 Å². The second-order valence-electron chi connectivity index (χ2n) is 4.74. The summed E-state index contributed by atoms with van der Waals surface area (Å²) in [7, 11) is 1.60. The van der Waals surface area contributed by atoms with Crippen LogP contribution in [0.4, 0.5) is 0 Å². The van der Waals surface area contributed by atoms with Crippen LogP contribution in [0.3, 0.4) is 0 Å². The number of nitrogens with zero attached hydrogens (tertiary/aromatic N) is 1. The molecule has 0 unspecified atom stereocenters. The van der Waals surface area contributed by atoms with Gasteiger partial charge in [-0.1, -0.05) is 42.5 Å². The number of para-hydroxylation sites is 1. The molecule has 3 nitrogen and oxygen atoms in total. The molecule has 0 aliphatic rings. The summed E-state index contributed by atoms with van der Waals surface area (Å²) in [6, 6.07) is 17.8. The second-order valence-corrected chi connectivity index (χ2v) is 5.82. The average molecular weight is 391 g/mol. The Hall–Kier alpha value is -1.82. The Bertz CT molecular complexity index is 841. The lowest BCUT2D eigenvalue weighted by Crippen LogP contribution is -2.16. The van der Waals surface area contributed by atoms with Crippen LogP contribution in [-0.4, -0.2) is 11.7 Å². The fourth-order valence-electron chi connectivity index (χ4n) is 2.47. The van der Waals surface area contributed by atoms with Crippen LogP contribution in [-0.2, 0) is 6.54 Å². The predicted octanol–water partition coefficient (Wildman–Crippen LogP) is 3.66. The van der Waals surface area contributed by atoms with E-state index in [-0.39, 0.29) is 5.43 Å². The molecule has 0 spiro atoms. The Morgan fingerprint density at radius 3 is 2.43 bits per heavy atom. The molecule has 4 heteroatoms. The van der Waals surface area contributed by atoms with E-state index in [0.29, 0.717) is 16.0 Å². The van der Waals surface area contributed by atoms with Gasteiger partial charge in [0.1, 0.15) is 3.57 Å². The zero-order chi connectivity index (χ0) is 14.8. The number of benzene rings is 2.